The molecule has 0 saturated heterocycles. The zero-order valence-corrected chi connectivity index (χ0v) is 13.3. The van der Waals surface area contributed by atoms with Gasteiger partial charge in [0.15, 0.2) is 0 Å². The van der Waals surface area contributed by atoms with Crippen LogP contribution in [0.2, 0.25) is 5.02 Å². The Labute approximate surface area is 141 Å². The van der Waals surface area contributed by atoms with Gasteiger partial charge in [-0.2, -0.15) is 0 Å². The van der Waals surface area contributed by atoms with Gasteiger partial charge in [0.25, 0.3) is 0 Å². The van der Waals surface area contributed by atoms with Gasteiger partial charge in [0.05, 0.1) is 0 Å². The normalized spacial score (nSPS) is 10.8. The Balaban J connectivity index is 1.70. The molecule has 0 N–H and O–H groups in total. The summed E-state index contributed by atoms with van der Waals surface area (Å²) in [4.78, 5) is 0. The lowest BCUT2D eigenvalue weighted by molar-refractivity contribution is 1.60. The SMILES string of the molecule is Clc1ccc(-c2ccc(-c3ccc4ccccc4c3)cc2)cc1. The molecule has 0 aromatic heterocycles. The van der Waals surface area contributed by atoms with Gasteiger partial charge in [-0.1, -0.05) is 84.4 Å². The van der Waals surface area contributed by atoms with Gasteiger partial charge in [-0.15, -0.1) is 0 Å². The van der Waals surface area contributed by atoms with Crippen molar-refractivity contribution in [1.82, 2.24) is 0 Å². The molecule has 0 heterocycles. The molecule has 0 unspecified atom stereocenters. The van der Waals surface area contributed by atoms with Crippen LogP contribution >= 0.6 is 11.6 Å². The average molecular weight is 315 g/mol. The molecular formula is C22H15Cl. The molecule has 0 aliphatic carbocycles. The Morgan fingerprint density at radius 3 is 1.57 bits per heavy atom. The zero-order chi connectivity index (χ0) is 15.6. The van der Waals surface area contributed by atoms with E-state index in [1.54, 1.807) is 0 Å². The number of benzene rings is 4. The molecule has 0 aliphatic rings. The highest BCUT2D eigenvalue weighted by Gasteiger charge is 2.02. The molecule has 0 atom stereocenters. The lowest BCUT2D eigenvalue weighted by Gasteiger charge is -2.07. The van der Waals surface area contributed by atoms with E-state index in [1.165, 1.54) is 33.0 Å². The minimum absolute atomic E-state index is 0.765. The monoisotopic (exact) mass is 314 g/mol. The molecule has 0 fully saturated rings. The van der Waals surface area contributed by atoms with E-state index in [-0.39, 0.29) is 0 Å². The maximum Gasteiger partial charge on any atom is 0.0406 e. The molecule has 1 heteroatoms. The molecule has 0 radical (unpaired) electrons. The quantitative estimate of drug-likeness (QED) is 0.380. The predicted octanol–water partition coefficient (Wildman–Crippen LogP) is 6.83. The van der Waals surface area contributed by atoms with Crippen molar-refractivity contribution in [1.29, 1.82) is 0 Å². The van der Waals surface area contributed by atoms with Crippen LogP contribution in [0.3, 0.4) is 0 Å². The Kier molecular flexibility index (Phi) is 3.61. The first-order valence-corrected chi connectivity index (χ1v) is 8.03. The van der Waals surface area contributed by atoms with Crippen molar-refractivity contribution >= 4 is 22.4 Å². The Morgan fingerprint density at radius 2 is 0.913 bits per heavy atom. The van der Waals surface area contributed by atoms with E-state index in [1.807, 2.05) is 24.3 Å². The van der Waals surface area contributed by atoms with Crippen LogP contribution in [0.4, 0.5) is 0 Å². The molecule has 4 aromatic rings. The second-order valence-electron chi connectivity index (χ2n) is 5.65. The van der Waals surface area contributed by atoms with Crippen LogP contribution in [-0.4, -0.2) is 0 Å². The highest BCUT2D eigenvalue weighted by molar-refractivity contribution is 6.30. The molecule has 4 aromatic carbocycles. The van der Waals surface area contributed by atoms with Crippen molar-refractivity contribution in [2.75, 3.05) is 0 Å². The predicted molar refractivity (Wildman–Crippen MR) is 99.8 cm³/mol. The molecular weight excluding hydrogens is 300 g/mol. The summed E-state index contributed by atoms with van der Waals surface area (Å²) in [6.07, 6.45) is 0. The van der Waals surface area contributed by atoms with Gasteiger partial charge in [-0.05, 0) is 51.2 Å². The van der Waals surface area contributed by atoms with Crippen LogP contribution in [0.5, 0.6) is 0 Å². The number of hydrogen-bond acceptors (Lipinski definition) is 0. The molecule has 0 spiro atoms. The van der Waals surface area contributed by atoms with E-state index >= 15 is 0 Å². The van der Waals surface area contributed by atoms with Crippen LogP contribution in [0.1, 0.15) is 0 Å². The maximum absolute atomic E-state index is 5.95. The topological polar surface area (TPSA) is 0 Å². The highest BCUT2D eigenvalue weighted by Crippen LogP contribution is 2.28. The fraction of sp³-hybridized carbons (Fsp3) is 0. The average Bonchev–Trinajstić information content (AvgIpc) is 2.62. The van der Waals surface area contributed by atoms with Crippen molar-refractivity contribution in [3.8, 4) is 22.3 Å². The summed E-state index contributed by atoms with van der Waals surface area (Å²) >= 11 is 5.95. The second-order valence-corrected chi connectivity index (χ2v) is 6.08. The van der Waals surface area contributed by atoms with Crippen molar-refractivity contribution < 1.29 is 0 Å². The summed E-state index contributed by atoms with van der Waals surface area (Å²) in [7, 11) is 0. The third kappa shape index (κ3) is 2.86. The highest BCUT2D eigenvalue weighted by atomic mass is 35.5. The zero-order valence-electron chi connectivity index (χ0n) is 12.5. The maximum atomic E-state index is 5.95. The summed E-state index contributed by atoms with van der Waals surface area (Å²) in [5.74, 6) is 0. The minimum Gasteiger partial charge on any atom is -0.0843 e. The molecule has 23 heavy (non-hydrogen) atoms. The van der Waals surface area contributed by atoms with E-state index < -0.39 is 0 Å². The van der Waals surface area contributed by atoms with Gasteiger partial charge in [0, 0.05) is 5.02 Å². The standard InChI is InChI=1S/C22H15Cl/c23-22-13-11-18(12-14-22)17-5-7-19(8-6-17)21-10-9-16-3-1-2-4-20(16)15-21/h1-15H. The number of rotatable bonds is 2. The van der Waals surface area contributed by atoms with Crippen LogP contribution < -0.4 is 0 Å². The Hall–Kier alpha value is -2.57. The third-order valence-electron chi connectivity index (χ3n) is 4.15. The lowest BCUT2D eigenvalue weighted by atomic mass is 9.98. The second kappa shape index (κ2) is 5.91. The number of fused-ring (bicyclic) bond motifs is 1. The van der Waals surface area contributed by atoms with Gasteiger partial charge < -0.3 is 0 Å². The first kappa shape index (κ1) is 14.0. The van der Waals surface area contributed by atoms with Gasteiger partial charge >= 0.3 is 0 Å². The van der Waals surface area contributed by atoms with E-state index in [4.69, 9.17) is 11.6 Å². The largest absolute Gasteiger partial charge is 0.0843 e. The van der Waals surface area contributed by atoms with Gasteiger partial charge in [0.2, 0.25) is 0 Å². The summed E-state index contributed by atoms with van der Waals surface area (Å²) in [6.45, 7) is 0. The Bertz CT molecular complexity index is 951. The van der Waals surface area contributed by atoms with Crippen LogP contribution in [0.25, 0.3) is 33.0 Å². The van der Waals surface area contributed by atoms with Crippen molar-refractivity contribution in [3.05, 3.63) is 96.0 Å². The molecule has 0 nitrogen and oxygen atoms in total. The molecule has 0 amide bonds. The van der Waals surface area contributed by atoms with Gasteiger partial charge in [0.1, 0.15) is 0 Å². The summed E-state index contributed by atoms with van der Waals surface area (Å²) in [5, 5.41) is 3.31. The van der Waals surface area contributed by atoms with Gasteiger partial charge in [-0.3, -0.25) is 0 Å². The third-order valence-corrected chi connectivity index (χ3v) is 4.40. The van der Waals surface area contributed by atoms with E-state index in [0.29, 0.717) is 0 Å². The van der Waals surface area contributed by atoms with Crippen LogP contribution in [0, 0.1) is 0 Å². The van der Waals surface area contributed by atoms with E-state index in [9.17, 15) is 0 Å². The van der Waals surface area contributed by atoms with Crippen molar-refractivity contribution in [2.45, 2.75) is 0 Å². The lowest BCUT2D eigenvalue weighted by Crippen LogP contribution is -1.81. The number of halogens is 1. The molecule has 4 rings (SSSR count). The summed E-state index contributed by atoms with van der Waals surface area (Å²) in [6, 6.07) is 31.7. The fourth-order valence-corrected chi connectivity index (χ4v) is 2.99. The summed E-state index contributed by atoms with van der Waals surface area (Å²) in [5.41, 5.74) is 4.85. The Morgan fingerprint density at radius 1 is 0.435 bits per heavy atom. The van der Waals surface area contributed by atoms with Crippen molar-refractivity contribution in [2.24, 2.45) is 0 Å². The van der Waals surface area contributed by atoms with Crippen LogP contribution in [0.15, 0.2) is 91.0 Å². The summed E-state index contributed by atoms with van der Waals surface area (Å²) < 4.78 is 0. The molecule has 0 bridgehead atoms. The van der Waals surface area contributed by atoms with E-state index in [2.05, 4.69) is 66.7 Å². The number of hydrogen-bond donors (Lipinski definition) is 0. The van der Waals surface area contributed by atoms with Crippen molar-refractivity contribution in [3.63, 3.8) is 0 Å². The molecule has 0 saturated carbocycles. The smallest absolute Gasteiger partial charge is 0.0406 e. The fourth-order valence-electron chi connectivity index (χ4n) is 2.87. The minimum atomic E-state index is 0.765. The van der Waals surface area contributed by atoms with Gasteiger partial charge in [-0.25, -0.2) is 0 Å². The first-order valence-electron chi connectivity index (χ1n) is 7.65. The molecule has 110 valence electrons. The first-order chi connectivity index (χ1) is 11.3. The van der Waals surface area contributed by atoms with E-state index in [0.717, 1.165) is 5.02 Å². The molecule has 0 aliphatic heterocycles. The van der Waals surface area contributed by atoms with Crippen LogP contribution in [-0.2, 0) is 0 Å².